The molecule has 25 heavy (non-hydrogen) atoms. The van der Waals surface area contributed by atoms with E-state index in [1.54, 1.807) is 18.3 Å². The Morgan fingerprint density at radius 3 is 2.92 bits per heavy atom. The Bertz CT molecular complexity index is 879. The first-order chi connectivity index (χ1) is 12.1. The molecule has 0 saturated carbocycles. The van der Waals surface area contributed by atoms with Gasteiger partial charge in [-0.15, -0.1) is 0 Å². The van der Waals surface area contributed by atoms with Gasteiger partial charge in [-0.25, -0.2) is 0 Å². The summed E-state index contributed by atoms with van der Waals surface area (Å²) in [5, 5.41) is 5.21. The molecule has 0 aliphatic heterocycles. The van der Waals surface area contributed by atoms with E-state index in [4.69, 9.17) is 20.9 Å². The molecule has 0 spiro atoms. The molecule has 2 aromatic heterocycles. The van der Waals surface area contributed by atoms with Crippen LogP contribution in [0.3, 0.4) is 0 Å². The van der Waals surface area contributed by atoms with Gasteiger partial charge < -0.3 is 14.0 Å². The Balaban J connectivity index is 1.81. The van der Waals surface area contributed by atoms with Gasteiger partial charge in [-0.1, -0.05) is 22.8 Å². The van der Waals surface area contributed by atoms with Crippen molar-refractivity contribution in [1.82, 2.24) is 10.1 Å². The molecule has 0 aliphatic carbocycles. The van der Waals surface area contributed by atoms with Gasteiger partial charge in [-0.3, -0.25) is 9.78 Å². The van der Waals surface area contributed by atoms with Crippen LogP contribution in [0.2, 0.25) is 5.02 Å². The molecular formula is C18H17ClN2O4. The first kappa shape index (κ1) is 17.2. The first-order valence-corrected chi connectivity index (χ1v) is 8.18. The van der Waals surface area contributed by atoms with E-state index in [0.717, 1.165) is 11.1 Å². The summed E-state index contributed by atoms with van der Waals surface area (Å²) in [4.78, 5) is 15.6. The SMILES string of the molecule is COC(=O)CCc1noc2cc(O[C@H](C)c3ccccn3)c(Cl)cc12. The Kier molecular flexibility index (Phi) is 5.19. The molecule has 2 heterocycles. The predicted molar refractivity (Wildman–Crippen MR) is 92.6 cm³/mol. The number of esters is 1. The van der Waals surface area contributed by atoms with Crippen molar-refractivity contribution in [3.8, 4) is 5.75 Å². The second-order valence-electron chi connectivity index (χ2n) is 5.50. The average Bonchev–Trinajstić information content (AvgIpc) is 3.02. The van der Waals surface area contributed by atoms with Crippen LogP contribution in [-0.2, 0) is 16.0 Å². The summed E-state index contributed by atoms with van der Waals surface area (Å²) in [6.07, 6.45) is 2.09. The largest absolute Gasteiger partial charge is 0.483 e. The number of methoxy groups -OCH3 is 1. The zero-order valence-corrected chi connectivity index (χ0v) is 14.6. The number of hydrogen-bond donors (Lipinski definition) is 0. The highest BCUT2D eigenvalue weighted by Crippen LogP contribution is 2.34. The molecule has 0 saturated heterocycles. The van der Waals surface area contributed by atoms with E-state index in [9.17, 15) is 4.79 Å². The summed E-state index contributed by atoms with van der Waals surface area (Å²) in [5.41, 5.74) is 2.01. The van der Waals surface area contributed by atoms with Crippen molar-refractivity contribution < 1.29 is 18.8 Å². The third kappa shape index (κ3) is 3.91. The molecule has 130 valence electrons. The van der Waals surface area contributed by atoms with E-state index in [0.29, 0.717) is 28.5 Å². The minimum absolute atomic E-state index is 0.227. The number of aromatic nitrogens is 2. The maximum absolute atomic E-state index is 11.3. The van der Waals surface area contributed by atoms with Crippen LogP contribution in [0.15, 0.2) is 41.1 Å². The topological polar surface area (TPSA) is 74.5 Å². The van der Waals surface area contributed by atoms with Crippen molar-refractivity contribution in [3.05, 3.63) is 52.9 Å². The van der Waals surface area contributed by atoms with Crippen LogP contribution >= 0.6 is 11.6 Å². The summed E-state index contributed by atoms with van der Waals surface area (Å²) in [6.45, 7) is 1.89. The number of aryl methyl sites for hydroxylation is 1. The van der Waals surface area contributed by atoms with Crippen molar-refractivity contribution in [2.45, 2.75) is 25.9 Å². The van der Waals surface area contributed by atoms with Gasteiger partial charge >= 0.3 is 5.97 Å². The summed E-state index contributed by atoms with van der Waals surface area (Å²) in [6, 6.07) is 9.07. The van der Waals surface area contributed by atoms with Gasteiger partial charge in [0.1, 0.15) is 11.9 Å². The number of carbonyl (C=O) groups excluding carboxylic acids is 1. The summed E-state index contributed by atoms with van der Waals surface area (Å²) < 4.78 is 15.9. The molecule has 0 N–H and O–H groups in total. The monoisotopic (exact) mass is 360 g/mol. The molecule has 1 aromatic carbocycles. The molecule has 3 aromatic rings. The fourth-order valence-corrected chi connectivity index (χ4v) is 2.66. The number of nitrogens with zero attached hydrogens (tertiary/aromatic N) is 2. The zero-order chi connectivity index (χ0) is 17.8. The second-order valence-corrected chi connectivity index (χ2v) is 5.91. The molecule has 0 amide bonds. The number of ether oxygens (including phenoxy) is 2. The quantitative estimate of drug-likeness (QED) is 0.615. The van der Waals surface area contributed by atoms with Crippen LogP contribution in [0, 0.1) is 0 Å². The lowest BCUT2D eigenvalue weighted by molar-refractivity contribution is -0.140. The molecule has 3 rings (SSSR count). The lowest BCUT2D eigenvalue weighted by Gasteiger charge is -2.15. The molecule has 0 radical (unpaired) electrons. The van der Waals surface area contributed by atoms with Crippen molar-refractivity contribution >= 4 is 28.5 Å². The van der Waals surface area contributed by atoms with Gasteiger partial charge in [-0.2, -0.15) is 0 Å². The third-order valence-corrected chi connectivity index (χ3v) is 4.10. The van der Waals surface area contributed by atoms with E-state index in [1.807, 2.05) is 25.1 Å². The Hall–Kier alpha value is -2.60. The van der Waals surface area contributed by atoms with Crippen molar-refractivity contribution in [3.63, 3.8) is 0 Å². The van der Waals surface area contributed by atoms with Gasteiger partial charge in [0, 0.05) is 24.1 Å². The third-order valence-electron chi connectivity index (χ3n) is 3.80. The smallest absolute Gasteiger partial charge is 0.305 e. The number of halogens is 1. The Morgan fingerprint density at radius 1 is 1.36 bits per heavy atom. The van der Waals surface area contributed by atoms with Crippen LogP contribution in [0.1, 0.15) is 30.8 Å². The van der Waals surface area contributed by atoms with E-state index in [1.165, 1.54) is 7.11 Å². The van der Waals surface area contributed by atoms with Crippen molar-refractivity contribution in [1.29, 1.82) is 0 Å². The van der Waals surface area contributed by atoms with Crippen molar-refractivity contribution in [2.75, 3.05) is 7.11 Å². The maximum Gasteiger partial charge on any atom is 0.305 e. The second kappa shape index (κ2) is 7.53. The number of benzene rings is 1. The maximum atomic E-state index is 11.3. The lowest BCUT2D eigenvalue weighted by Crippen LogP contribution is -2.05. The molecular weight excluding hydrogens is 344 g/mol. The normalized spacial score (nSPS) is 12.1. The molecule has 6 nitrogen and oxygen atoms in total. The predicted octanol–water partition coefficient (Wildman–Crippen LogP) is 4.12. The van der Waals surface area contributed by atoms with E-state index in [-0.39, 0.29) is 18.5 Å². The highest BCUT2D eigenvalue weighted by Gasteiger charge is 2.16. The number of pyridine rings is 1. The number of hydrogen-bond acceptors (Lipinski definition) is 6. The summed E-state index contributed by atoms with van der Waals surface area (Å²) in [7, 11) is 1.35. The van der Waals surface area contributed by atoms with Crippen LogP contribution in [0.25, 0.3) is 11.0 Å². The number of fused-ring (bicyclic) bond motifs is 1. The number of rotatable bonds is 6. The highest BCUT2D eigenvalue weighted by molar-refractivity contribution is 6.32. The van der Waals surface area contributed by atoms with Crippen LogP contribution in [-0.4, -0.2) is 23.2 Å². The van der Waals surface area contributed by atoms with Crippen molar-refractivity contribution in [2.24, 2.45) is 0 Å². The minimum Gasteiger partial charge on any atom is -0.483 e. The molecule has 0 unspecified atom stereocenters. The van der Waals surface area contributed by atoms with Gasteiger partial charge in [0.25, 0.3) is 0 Å². The van der Waals surface area contributed by atoms with Crippen LogP contribution in [0.5, 0.6) is 5.75 Å². The number of carbonyl (C=O) groups is 1. The van der Waals surface area contributed by atoms with Crippen LogP contribution in [0.4, 0.5) is 0 Å². The van der Waals surface area contributed by atoms with Gasteiger partial charge in [0.05, 0.1) is 29.9 Å². The highest BCUT2D eigenvalue weighted by atomic mass is 35.5. The van der Waals surface area contributed by atoms with Gasteiger partial charge in [0.2, 0.25) is 0 Å². The van der Waals surface area contributed by atoms with E-state index in [2.05, 4.69) is 14.9 Å². The van der Waals surface area contributed by atoms with E-state index < -0.39 is 0 Å². The lowest BCUT2D eigenvalue weighted by atomic mass is 10.1. The first-order valence-electron chi connectivity index (χ1n) is 7.80. The fraction of sp³-hybridized carbons (Fsp3) is 0.278. The van der Waals surface area contributed by atoms with Gasteiger partial charge in [0.15, 0.2) is 5.58 Å². The van der Waals surface area contributed by atoms with Crippen LogP contribution < -0.4 is 4.74 Å². The minimum atomic E-state index is -0.300. The van der Waals surface area contributed by atoms with E-state index >= 15 is 0 Å². The Labute approximate surface area is 149 Å². The molecule has 0 fully saturated rings. The molecule has 7 heteroatoms. The standard InChI is InChI=1S/C18H17ClN2O4/c1-11(14-5-3-4-8-20-14)24-17-10-16-12(9-13(17)19)15(21-25-16)6-7-18(22)23-2/h3-5,8-11H,6-7H2,1-2H3/t11-/m1/s1. The molecule has 0 bridgehead atoms. The molecule has 1 atom stereocenters. The fourth-order valence-electron chi connectivity index (χ4n) is 2.45. The zero-order valence-electron chi connectivity index (χ0n) is 13.9. The average molecular weight is 361 g/mol. The van der Waals surface area contributed by atoms with Gasteiger partial charge in [-0.05, 0) is 25.1 Å². The molecule has 0 aliphatic rings. The Morgan fingerprint density at radius 2 is 2.20 bits per heavy atom. The summed E-state index contributed by atoms with van der Waals surface area (Å²) in [5.74, 6) is 0.189. The summed E-state index contributed by atoms with van der Waals surface area (Å²) >= 11 is 6.35.